The normalized spacial score (nSPS) is 22.2. The molecule has 1 fully saturated rings. The van der Waals surface area contributed by atoms with Gasteiger partial charge >= 0.3 is 0 Å². The number of nitrogens with zero attached hydrogens (tertiary/aromatic N) is 2. The number of β-amino-alcohol motifs (C(OH)–C–C–N with tert-alkyl or cyclic N) is 1. The molecule has 0 saturated carbocycles. The summed E-state index contributed by atoms with van der Waals surface area (Å²) in [6.45, 7) is 0.482. The first kappa shape index (κ1) is 13.3. The standard InChI is InChI=1S/C15H14ClFN2O/c16-11-4-5-15(18-8-11)19-9-13(20)7-14(19)10-2-1-3-12(17)6-10/h1-6,8,13-14,20H,7,9H2/t13-,14-/m0/s1. The van der Waals surface area contributed by atoms with Crippen molar-refractivity contribution in [2.75, 3.05) is 11.4 Å². The number of benzene rings is 1. The van der Waals surface area contributed by atoms with E-state index in [2.05, 4.69) is 4.98 Å². The van der Waals surface area contributed by atoms with Crippen molar-refractivity contribution >= 4 is 17.4 Å². The van der Waals surface area contributed by atoms with E-state index < -0.39 is 6.10 Å². The Labute approximate surface area is 121 Å². The number of halogens is 2. The Morgan fingerprint density at radius 1 is 1.30 bits per heavy atom. The predicted molar refractivity (Wildman–Crippen MR) is 76.4 cm³/mol. The lowest BCUT2D eigenvalue weighted by molar-refractivity contribution is 0.194. The zero-order valence-electron chi connectivity index (χ0n) is 10.7. The first-order chi connectivity index (χ1) is 9.63. The summed E-state index contributed by atoms with van der Waals surface area (Å²) in [6.07, 6.45) is 1.69. The number of rotatable bonds is 2. The van der Waals surface area contributed by atoms with Gasteiger partial charge < -0.3 is 10.0 Å². The Bertz CT molecular complexity index is 605. The van der Waals surface area contributed by atoms with Crippen molar-refractivity contribution in [3.63, 3.8) is 0 Å². The molecule has 0 radical (unpaired) electrons. The van der Waals surface area contributed by atoms with Crippen LogP contribution < -0.4 is 4.90 Å². The van der Waals surface area contributed by atoms with Crippen molar-refractivity contribution in [1.82, 2.24) is 4.98 Å². The Balaban J connectivity index is 1.94. The van der Waals surface area contributed by atoms with Gasteiger partial charge in [-0.1, -0.05) is 23.7 Å². The number of aliphatic hydroxyl groups is 1. The van der Waals surface area contributed by atoms with Crippen LogP contribution in [0.15, 0.2) is 42.6 Å². The van der Waals surface area contributed by atoms with Gasteiger partial charge in [-0.25, -0.2) is 9.37 Å². The van der Waals surface area contributed by atoms with Gasteiger partial charge in [-0.15, -0.1) is 0 Å². The lowest BCUT2D eigenvalue weighted by atomic mass is 10.0. The third-order valence-corrected chi connectivity index (χ3v) is 3.74. The molecule has 0 spiro atoms. The SMILES string of the molecule is O[C@H]1C[C@@H](c2cccc(F)c2)N(c2ccc(Cl)cn2)C1. The van der Waals surface area contributed by atoms with Crippen LogP contribution in [0.25, 0.3) is 0 Å². The third-order valence-electron chi connectivity index (χ3n) is 3.52. The second kappa shape index (κ2) is 5.38. The van der Waals surface area contributed by atoms with E-state index in [-0.39, 0.29) is 11.9 Å². The lowest BCUT2D eigenvalue weighted by Gasteiger charge is -2.25. The molecule has 1 aliphatic heterocycles. The van der Waals surface area contributed by atoms with Crippen LogP contribution in [0.3, 0.4) is 0 Å². The molecule has 2 heterocycles. The zero-order valence-corrected chi connectivity index (χ0v) is 11.5. The number of aliphatic hydroxyl groups excluding tert-OH is 1. The van der Waals surface area contributed by atoms with Crippen LogP contribution in [0.1, 0.15) is 18.0 Å². The summed E-state index contributed by atoms with van der Waals surface area (Å²) < 4.78 is 13.4. The molecule has 2 aromatic rings. The molecule has 1 saturated heterocycles. The van der Waals surface area contributed by atoms with Crippen LogP contribution >= 0.6 is 11.6 Å². The Hall–Kier alpha value is -1.65. The second-order valence-corrected chi connectivity index (χ2v) is 5.38. The molecule has 20 heavy (non-hydrogen) atoms. The van der Waals surface area contributed by atoms with Gasteiger partial charge in [-0.2, -0.15) is 0 Å². The molecule has 0 bridgehead atoms. The molecular weight excluding hydrogens is 279 g/mol. The molecule has 3 rings (SSSR count). The maximum atomic E-state index is 13.4. The molecule has 1 aromatic heterocycles. The van der Waals surface area contributed by atoms with Gasteiger partial charge in [0.05, 0.1) is 17.2 Å². The lowest BCUT2D eigenvalue weighted by Crippen LogP contribution is -2.25. The summed E-state index contributed by atoms with van der Waals surface area (Å²) in [5.74, 6) is 0.466. The molecule has 3 nitrogen and oxygen atoms in total. The van der Waals surface area contributed by atoms with Crippen molar-refractivity contribution in [1.29, 1.82) is 0 Å². The maximum absolute atomic E-state index is 13.4. The summed E-state index contributed by atoms with van der Waals surface area (Å²) in [7, 11) is 0. The van der Waals surface area contributed by atoms with Crippen LogP contribution in [0.4, 0.5) is 10.2 Å². The Kier molecular flexibility index (Phi) is 3.59. The highest BCUT2D eigenvalue weighted by Gasteiger charge is 2.33. The summed E-state index contributed by atoms with van der Waals surface area (Å²) in [4.78, 5) is 6.26. The fourth-order valence-corrected chi connectivity index (χ4v) is 2.75. The first-order valence-corrected chi connectivity index (χ1v) is 6.83. The van der Waals surface area contributed by atoms with Gasteiger partial charge in [0.25, 0.3) is 0 Å². The fraction of sp³-hybridized carbons (Fsp3) is 0.267. The average Bonchev–Trinajstić information content (AvgIpc) is 2.82. The summed E-state index contributed by atoms with van der Waals surface area (Å²) in [6, 6.07) is 9.97. The average molecular weight is 293 g/mol. The van der Waals surface area contributed by atoms with Crippen LogP contribution in [0.5, 0.6) is 0 Å². The number of hydrogen-bond donors (Lipinski definition) is 1. The van der Waals surface area contributed by atoms with E-state index in [1.165, 1.54) is 12.1 Å². The van der Waals surface area contributed by atoms with Gasteiger partial charge in [-0.3, -0.25) is 0 Å². The van der Waals surface area contributed by atoms with Crippen LogP contribution in [0, 0.1) is 5.82 Å². The largest absolute Gasteiger partial charge is 0.391 e. The molecule has 104 valence electrons. The van der Waals surface area contributed by atoms with Crippen molar-refractivity contribution in [2.24, 2.45) is 0 Å². The number of aromatic nitrogens is 1. The molecule has 0 aliphatic carbocycles. The van der Waals surface area contributed by atoms with Crippen LogP contribution in [0.2, 0.25) is 5.02 Å². The molecule has 1 aliphatic rings. The topological polar surface area (TPSA) is 36.4 Å². The summed E-state index contributed by atoms with van der Waals surface area (Å²) in [5.41, 5.74) is 0.846. The summed E-state index contributed by atoms with van der Waals surface area (Å²) >= 11 is 5.84. The first-order valence-electron chi connectivity index (χ1n) is 6.45. The second-order valence-electron chi connectivity index (χ2n) is 4.95. The van der Waals surface area contributed by atoms with Gasteiger partial charge in [0.15, 0.2) is 0 Å². The highest BCUT2D eigenvalue weighted by atomic mass is 35.5. The van der Waals surface area contributed by atoms with E-state index in [4.69, 9.17) is 11.6 Å². The molecule has 0 unspecified atom stereocenters. The predicted octanol–water partition coefficient (Wildman–Crippen LogP) is 3.19. The van der Waals surface area contributed by atoms with Crippen molar-refractivity contribution < 1.29 is 9.50 Å². The maximum Gasteiger partial charge on any atom is 0.129 e. The molecule has 5 heteroatoms. The molecule has 0 amide bonds. The molecule has 1 aromatic carbocycles. The minimum absolute atomic E-state index is 0.0747. The van der Waals surface area contributed by atoms with E-state index in [0.29, 0.717) is 18.0 Å². The monoisotopic (exact) mass is 292 g/mol. The minimum atomic E-state index is -0.444. The van der Waals surface area contributed by atoms with E-state index in [1.54, 1.807) is 18.3 Å². The third kappa shape index (κ3) is 2.62. The van der Waals surface area contributed by atoms with E-state index in [9.17, 15) is 9.50 Å². The zero-order chi connectivity index (χ0) is 14.1. The summed E-state index contributed by atoms with van der Waals surface area (Å²) in [5, 5.41) is 10.5. The number of hydrogen-bond acceptors (Lipinski definition) is 3. The number of pyridine rings is 1. The van der Waals surface area contributed by atoms with E-state index in [1.807, 2.05) is 17.0 Å². The Morgan fingerprint density at radius 2 is 2.15 bits per heavy atom. The van der Waals surface area contributed by atoms with Gasteiger partial charge in [-0.05, 0) is 36.2 Å². The van der Waals surface area contributed by atoms with Gasteiger partial charge in [0, 0.05) is 12.7 Å². The quantitative estimate of drug-likeness (QED) is 0.923. The van der Waals surface area contributed by atoms with E-state index >= 15 is 0 Å². The van der Waals surface area contributed by atoms with Gasteiger partial charge in [0.2, 0.25) is 0 Å². The Morgan fingerprint density at radius 3 is 2.85 bits per heavy atom. The highest BCUT2D eigenvalue weighted by molar-refractivity contribution is 6.30. The minimum Gasteiger partial charge on any atom is -0.391 e. The van der Waals surface area contributed by atoms with E-state index in [0.717, 1.165) is 11.4 Å². The van der Waals surface area contributed by atoms with Crippen molar-refractivity contribution in [2.45, 2.75) is 18.6 Å². The van der Waals surface area contributed by atoms with Crippen molar-refractivity contribution in [3.05, 3.63) is 59.0 Å². The highest BCUT2D eigenvalue weighted by Crippen LogP contribution is 2.35. The smallest absolute Gasteiger partial charge is 0.129 e. The van der Waals surface area contributed by atoms with Crippen molar-refractivity contribution in [3.8, 4) is 0 Å². The van der Waals surface area contributed by atoms with Crippen LogP contribution in [-0.4, -0.2) is 22.7 Å². The number of anilines is 1. The molecular formula is C15H14ClFN2O. The fourth-order valence-electron chi connectivity index (χ4n) is 2.63. The molecule has 2 atom stereocenters. The molecule has 1 N–H and O–H groups in total. The van der Waals surface area contributed by atoms with Crippen LogP contribution in [-0.2, 0) is 0 Å². The van der Waals surface area contributed by atoms with Gasteiger partial charge in [0.1, 0.15) is 11.6 Å².